The Morgan fingerprint density at radius 2 is 2.21 bits per heavy atom. The van der Waals surface area contributed by atoms with Crippen molar-refractivity contribution in [3.05, 3.63) is 41.0 Å². The van der Waals surface area contributed by atoms with E-state index in [0.29, 0.717) is 22.2 Å². The summed E-state index contributed by atoms with van der Waals surface area (Å²) in [7, 11) is 0. The number of carbonyl (C=O) groups is 1. The van der Waals surface area contributed by atoms with Gasteiger partial charge in [0, 0.05) is 23.3 Å². The second-order valence-electron chi connectivity index (χ2n) is 5.01. The molecule has 4 heteroatoms. The van der Waals surface area contributed by atoms with Gasteiger partial charge in [-0.2, -0.15) is 5.10 Å². The third-order valence-corrected chi connectivity index (χ3v) is 3.19. The van der Waals surface area contributed by atoms with Crippen LogP contribution in [0.25, 0.3) is 11.3 Å². The summed E-state index contributed by atoms with van der Waals surface area (Å²) in [6.45, 7) is 5.16. The van der Waals surface area contributed by atoms with Crippen molar-refractivity contribution in [2.75, 3.05) is 0 Å². The summed E-state index contributed by atoms with van der Waals surface area (Å²) in [5, 5.41) is 5.14. The molecule has 19 heavy (non-hydrogen) atoms. The van der Waals surface area contributed by atoms with E-state index in [1.54, 1.807) is 12.3 Å². The zero-order chi connectivity index (χ0) is 13.8. The lowest BCUT2D eigenvalue weighted by Crippen LogP contribution is -2.02. The molecule has 0 saturated carbocycles. The van der Waals surface area contributed by atoms with Crippen LogP contribution < -0.4 is 0 Å². The molecule has 0 unspecified atom stereocenters. The highest BCUT2D eigenvalue weighted by Gasteiger charge is 2.11. The van der Waals surface area contributed by atoms with Crippen molar-refractivity contribution < 1.29 is 4.79 Å². The van der Waals surface area contributed by atoms with Gasteiger partial charge in [0.2, 0.25) is 0 Å². The fourth-order valence-electron chi connectivity index (χ4n) is 1.89. The minimum Gasteiger partial charge on any atom is -0.298 e. The number of aryl methyl sites for hydroxylation is 1. The Balaban J connectivity index is 2.32. The zero-order valence-electron chi connectivity index (χ0n) is 11.1. The molecule has 0 amide bonds. The minimum absolute atomic E-state index is 0.603. The maximum atomic E-state index is 11.2. The second kappa shape index (κ2) is 6.02. The fraction of sp³-hybridized carbons (Fsp3) is 0.333. The van der Waals surface area contributed by atoms with Gasteiger partial charge in [-0.3, -0.25) is 9.48 Å². The van der Waals surface area contributed by atoms with Gasteiger partial charge in [0.15, 0.2) is 6.29 Å². The second-order valence-corrected chi connectivity index (χ2v) is 5.44. The van der Waals surface area contributed by atoms with Gasteiger partial charge in [0.1, 0.15) is 5.69 Å². The van der Waals surface area contributed by atoms with Crippen LogP contribution >= 0.6 is 11.6 Å². The van der Waals surface area contributed by atoms with Crippen LogP contribution in [0.3, 0.4) is 0 Å². The monoisotopic (exact) mass is 276 g/mol. The molecule has 1 aromatic carbocycles. The molecule has 0 bridgehead atoms. The normalized spacial score (nSPS) is 10.9. The van der Waals surface area contributed by atoms with Crippen molar-refractivity contribution in [3.63, 3.8) is 0 Å². The highest BCUT2D eigenvalue weighted by atomic mass is 35.5. The Kier molecular flexibility index (Phi) is 4.38. The van der Waals surface area contributed by atoms with Crippen molar-refractivity contribution in [2.45, 2.75) is 26.8 Å². The Morgan fingerprint density at radius 3 is 2.84 bits per heavy atom. The van der Waals surface area contributed by atoms with Gasteiger partial charge in [-0.1, -0.05) is 37.6 Å². The third kappa shape index (κ3) is 3.44. The van der Waals surface area contributed by atoms with Crippen molar-refractivity contribution in [3.8, 4) is 11.3 Å². The number of halogens is 1. The molecule has 100 valence electrons. The third-order valence-electron chi connectivity index (χ3n) is 2.95. The van der Waals surface area contributed by atoms with E-state index >= 15 is 0 Å². The Labute approximate surface area is 118 Å². The maximum Gasteiger partial charge on any atom is 0.153 e. The lowest BCUT2D eigenvalue weighted by molar-refractivity contribution is 0.112. The summed E-state index contributed by atoms with van der Waals surface area (Å²) in [5.74, 6) is 0.610. The first-order valence-electron chi connectivity index (χ1n) is 6.38. The standard InChI is InChI=1S/C15H17ClN2O/c1-11(2)6-7-18-9-13(10-19)15(17-18)12-4-3-5-14(16)8-12/h3-5,8-11H,6-7H2,1-2H3. The highest BCUT2D eigenvalue weighted by molar-refractivity contribution is 6.30. The number of aldehydes is 1. The SMILES string of the molecule is CC(C)CCn1cc(C=O)c(-c2cccc(Cl)c2)n1. The lowest BCUT2D eigenvalue weighted by atomic mass is 10.1. The maximum absolute atomic E-state index is 11.2. The molecule has 2 aromatic rings. The average Bonchev–Trinajstić information content (AvgIpc) is 2.79. The van der Waals surface area contributed by atoms with Crippen molar-refractivity contribution >= 4 is 17.9 Å². The van der Waals surface area contributed by atoms with Crippen molar-refractivity contribution in [1.29, 1.82) is 0 Å². The van der Waals surface area contributed by atoms with Crippen LogP contribution in [0.5, 0.6) is 0 Å². The topological polar surface area (TPSA) is 34.9 Å². The smallest absolute Gasteiger partial charge is 0.153 e. The van der Waals surface area contributed by atoms with Gasteiger partial charge in [0.05, 0.1) is 5.56 Å². The zero-order valence-corrected chi connectivity index (χ0v) is 11.9. The number of rotatable bonds is 5. The van der Waals surface area contributed by atoms with Gasteiger partial charge in [-0.25, -0.2) is 0 Å². The predicted octanol–water partition coefficient (Wildman–Crippen LogP) is 4.06. The fourth-order valence-corrected chi connectivity index (χ4v) is 2.08. The molecule has 3 nitrogen and oxygen atoms in total. The van der Waals surface area contributed by atoms with E-state index in [-0.39, 0.29) is 0 Å². The van der Waals surface area contributed by atoms with Crippen molar-refractivity contribution in [1.82, 2.24) is 9.78 Å². The molecule has 0 N–H and O–H groups in total. The van der Waals surface area contributed by atoms with Gasteiger partial charge in [-0.05, 0) is 24.5 Å². The van der Waals surface area contributed by atoms with E-state index in [4.69, 9.17) is 11.6 Å². The molecular formula is C15H17ClN2O. The largest absolute Gasteiger partial charge is 0.298 e. The summed E-state index contributed by atoms with van der Waals surface area (Å²) in [4.78, 5) is 11.2. The van der Waals surface area contributed by atoms with Gasteiger partial charge < -0.3 is 0 Å². The number of aromatic nitrogens is 2. The van der Waals surface area contributed by atoms with Gasteiger partial charge >= 0.3 is 0 Å². The molecule has 0 atom stereocenters. The molecule has 0 fully saturated rings. The van der Waals surface area contributed by atoms with Crippen LogP contribution in [-0.2, 0) is 6.54 Å². The van der Waals surface area contributed by atoms with E-state index in [0.717, 1.165) is 24.8 Å². The van der Waals surface area contributed by atoms with Gasteiger partial charge in [0.25, 0.3) is 0 Å². The molecule has 2 rings (SSSR count). The molecule has 0 aliphatic heterocycles. The average molecular weight is 277 g/mol. The number of carbonyl (C=O) groups excluding carboxylic acids is 1. The van der Waals surface area contributed by atoms with E-state index < -0.39 is 0 Å². The van der Waals surface area contributed by atoms with Crippen LogP contribution in [0.15, 0.2) is 30.5 Å². The summed E-state index contributed by atoms with van der Waals surface area (Å²) < 4.78 is 1.83. The molecule has 0 spiro atoms. The molecule has 1 aromatic heterocycles. The number of nitrogens with zero attached hydrogens (tertiary/aromatic N) is 2. The first kappa shape index (κ1) is 13.8. The predicted molar refractivity (Wildman–Crippen MR) is 77.5 cm³/mol. The Bertz CT molecular complexity index is 575. The first-order chi connectivity index (χ1) is 9.10. The number of benzene rings is 1. The van der Waals surface area contributed by atoms with E-state index in [9.17, 15) is 4.79 Å². The summed E-state index contributed by atoms with van der Waals surface area (Å²) in [6, 6.07) is 7.40. The molecule has 0 saturated heterocycles. The molecule has 0 aliphatic rings. The Hall–Kier alpha value is -1.61. The summed E-state index contributed by atoms with van der Waals surface area (Å²) in [6.07, 6.45) is 3.68. The Morgan fingerprint density at radius 1 is 1.42 bits per heavy atom. The van der Waals surface area contributed by atoms with Crippen molar-refractivity contribution in [2.24, 2.45) is 5.92 Å². The molecule has 0 radical (unpaired) electrons. The highest BCUT2D eigenvalue weighted by Crippen LogP contribution is 2.24. The number of hydrogen-bond donors (Lipinski definition) is 0. The van der Waals surface area contributed by atoms with Crippen LogP contribution in [0.2, 0.25) is 5.02 Å². The number of hydrogen-bond acceptors (Lipinski definition) is 2. The van der Waals surface area contributed by atoms with Crippen LogP contribution in [-0.4, -0.2) is 16.1 Å². The first-order valence-corrected chi connectivity index (χ1v) is 6.76. The van der Waals surface area contributed by atoms with Gasteiger partial charge in [-0.15, -0.1) is 0 Å². The summed E-state index contributed by atoms with van der Waals surface area (Å²) in [5.41, 5.74) is 2.17. The van der Waals surface area contributed by atoms with Crippen LogP contribution in [0.1, 0.15) is 30.6 Å². The van der Waals surface area contributed by atoms with E-state index in [1.165, 1.54) is 0 Å². The quantitative estimate of drug-likeness (QED) is 0.772. The molecule has 1 heterocycles. The minimum atomic E-state index is 0.603. The van der Waals surface area contributed by atoms with Crippen LogP contribution in [0.4, 0.5) is 0 Å². The summed E-state index contributed by atoms with van der Waals surface area (Å²) >= 11 is 5.98. The molecular weight excluding hydrogens is 260 g/mol. The lowest BCUT2D eigenvalue weighted by Gasteiger charge is -2.04. The van der Waals surface area contributed by atoms with E-state index in [1.807, 2.05) is 22.9 Å². The molecule has 0 aliphatic carbocycles. The van der Waals surface area contributed by atoms with E-state index in [2.05, 4.69) is 18.9 Å². The van der Waals surface area contributed by atoms with Crippen LogP contribution in [0, 0.1) is 5.92 Å².